The lowest BCUT2D eigenvalue weighted by atomic mass is 9.90. The number of piperidine rings is 1. The third-order valence-corrected chi connectivity index (χ3v) is 2.30. The minimum atomic E-state index is 0. The number of hydrogen-bond donors (Lipinski definition) is 1. The number of rotatable bonds is 0. The summed E-state index contributed by atoms with van der Waals surface area (Å²) in [6.07, 6.45) is 5.10. The van der Waals surface area contributed by atoms with Gasteiger partial charge in [-0.05, 0) is 13.1 Å². The van der Waals surface area contributed by atoms with E-state index in [1.54, 1.807) is 0 Å². The molecule has 11 heavy (non-hydrogen) atoms. The second-order valence-electron chi connectivity index (χ2n) is 3.02. The number of oxime groups is 1. The number of nitrogens with zero attached hydrogens (tertiary/aromatic N) is 1. The maximum Gasteiger partial charge on any atom is 0.145 e. The van der Waals surface area contributed by atoms with Gasteiger partial charge in [0.05, 0.1) is 0 Å². The number of halogens is 1. The molecular weight excluding hydrogens is 164 g/mol. The van der Waals surface area contributed by atoms with E-state index in [0.717, 1.165) is 32.4 Å². The van der Waals surface area contributed by atoms with Crippen LogP contribution in [-0.4, -0.2) is 24.9 Å². The molecule has 2 rings (SSSR count). The molecular formula is C7H13ClN2O. The molecule has 0 unspecified atom stereocenters. The van der Waals surface area contributed by atoms with Crippen LogP contribution >= 0.6 is 12.4 Å². The Labute approximate surface area is 72.6 Å². The molecule has 0 aliphatic carbocycles. The van der Waals surface area contributed by atoms with E-state index in [1.807, 2.05) is 6.21 Å². The van der Waals surface area contributed by atoms with Gasteiger partial charge in [-0.2, -0.15) is 0 Å². The fourth-order valence-corrected chi connectivity index (χ4v) is 1.57. The summed E-state index contributed by atoms with van der Waals surface area (Å²) in [5.41, 5.74) is 0.0885. The van der Waals surface area contributed by atoms with Crippen LogP contribution in [0.15, 0.2) is 5.16 Å². The van der Waals surface area contributed by atoms with Gasteiger partial charge < -0.3 is 10.2 Å². The monoisotopic (exact) mass is 176 g/mol. The Kier molecular flexibility index (Phi) is 2.73. The lowest BCUT2D eigenvalue weighted by Crippen LogP contribution is -2.41. The summed E-state index contributed by atoms with van der Waals surface area (Å²) in [4.78, 5) is 5.31. The number of hydrogen-bond acceptors (Lipinski definition) is 3. The first-order chi connectivity index (χ1) is 4.91. The van der Waals surface area contributed by atoms with Gasteiger partial charge in [0.1, 0.15) is 5.60 Å². The van der Waals surface area contributed by atoms with Gasteiger partial charge in [-0.1, -0.05) is 5.16 Å². The van der Waals surface area contributed by atoms with Crippen molar-refractivity contribution in [3.05, 3.63) is 0 Å². The van der Waals surface area contributed by atoms with Gasteiger partial charge in [-0.15, -0.1) is 12.4 Å². The van der Waals surface area contributed by atoms with Gasteiger partial charge in [-0.25, -0.2) is 0 Å². The molecule has 0 aromatic carbocycles. The van der Waals surface area contributed by atoms with Crippen molar-refractivity contribution in [3.8, 4) is 0 Å². The van der Waals surface area contributed by atoms with E-state index in [1.165, 1.54) is 0 Å². The zero-order chi connectivity index (χ0) is 6.86. The van der Waals surface area contributed by atoms with E-state index in [0.29, 0.717) is 0 Å². The summed E-state index contributed by atoms with van der Waals surface area (Å²) in [6, 6.07) is 0. The van der Waals surface area contributed by atoms with E-state index >= 15 is 0 Å². The van der Waals surface area contributed by atoms with Crippen molar-refractivity contribution >= 4 is 18.6 Å². The van der Waals surface area contributed by atoms with E-state index in [4.69, 9.17) is 4.84 Å². The molecule has 0 aromatic heterocycles. The Morgan fingerprint density at radius 2 is 2.09 bits per heavy atom. The molecule has 1 fully saturated rings. The van der Waals surface area contributed by atoms with Crippen LogP contribution in [0, 0.1) is 0 Å². The molecule has 1 N–H and O–H groups in total. The molecule has 0 bridgehead atoms. The van der Waals surface area contributed by atoms with Crippen molar-refractivity contribution in [2.24, 2.45) is 5.16 Å². The average molecular weight is 177 g/mol. The molecule has 2 heterocycles. The summed E-state index contributed by atoms with van der Waals surface area (Å²) in [5, 5.41) is 7.11. The largest absolute Gasteiger partial charge is 0.389 e. The van der Waals surface area contributed by atoms with Crippen molar-refractivity contribution in [3.63, 3.8) is 0 Å². The molecule has 2 aliphatic rings. The first-order valence-electron chi connectivity index (χ1n) is 3.82. The SMILES string of the molecule is C1=NOC2(C1)CCNCC2.Cl. The predicted molar refractivity (Wildman–Crippen MR) is 46.3 cm³/mol. The van der Waals surface area contributed by atoms with Gasteiger partial charge in [0.25, 0.3) is 0 Å². The average Bonchev–Trinajstić information content (AvgIpc) is 2.39. The van der Waals surface area contributed by atoms with Gasteiger partial charge in [0.15, 0.2) is 0 Å². The van der Waals surface area contributed by atoms with Crippen molar-refractivity contribution in [2.45, 2.75) is 24.9 Å². The van der Waals surface area contributed by atoms with Crippen LogP contribution in [-0.2, 0) is 4.84 Å². The van der Waals surface area contributed by atoms with Gasteiger partial charge in [0, 0.05) is 25.5 Å². The molecule has 4 heteroatoms. The molecule has 64 valence electrons. The minimum Gasteiger partial charge on any atom is -0.389 e. The lowest BCUT2D eigenvalue weighted by Gasteiger charge is -2.30. The first kappa shape index (κ1) is 8.81. The summed E-state index contributed by atoms with van der Waals surface area (Å²) in [6.45, 7) is 2.15. The fraction of sp³-hybridized carbons (Fsp3) is 0.857. The summed E-state index contributed by atoms with van der Waals surface area (Å²) < 4.78 is 0. The topological polar surface area (TPSA) is 33.6 Å². The van der Waals surface area contributed by atoms with Crippen LogP contribution in [0.5, 0.6) is 0 Å². The highest BCUT2D eigenvalue weighted by Crippen LogP contribution is 2.29. The highest BCUT2D eigenvalue weighted by atomic mass is 35.5. The lowest BCUT2D eigenvalue weighted by molar-refractivity contribution is -0.0400. The minimum absolute atomic E-state index is 0. The standard InChI is InChI=1S/C7H12N2O.ClH/c1-4-8-5-2-7(1)3-6-9-10-7;/h6,8H,1-5H2;1H. The van der Waals surface area contributed by atoms with Gasteiger partial charge >= 0.3 is 0 Å². The molecule has 0 aromatic rings. The molecule has 0 radical (unpaired) electrons. The van der Waals surface area contributed by atoms with Crippen LogP contribution in [0.3, 0.4) is 0 Å². The number of nitrogens with one attached hydrogen (secondary N) is 1. The van der Waals surface area contributed by atoms with Crippen molar-refractivity contribution in [2.75, 3.05) is 13.1 Å². The van der Waals surface area contributed by atoms with E-state index < -0.39 is 0 Å². The second kappa shape index (κ2) is 3.41. The van der Waals surface area contributed by atoms with E-state index in [-0.39, 0.29) is 18.0 Å². The van der Waals surface area contributed by atoms with Crippen LogP contribution < -0.4 is 5.32 Å². The van der Waals surface area contributed by atoms with Gasteiger partial charge in [-0.3, -0.25) is 0 Å². The zero-order valence-corrected chi connectivity index (χ0v) is 7.19. The zero-order valence-electron chi connectivity index (χ0n) is 6.38. The third-order valence-electron chi connectivity index (χ3n) is 2.30. The highest BCUT2D eigenvalue weighted by molar-refractivity contribution is 5.85. The molecule has 1 spiro atoms. The molecule has 1 saturated heterocycles. The molecule has 0 amide bonds. The van der Waals surface area contributed by atoms with Crippen molar-refractivity contribution < 1.29 is 4.84 Å². The van der Waals surface area contributed by atoms with Crippen LogP contribution in [0.1, 0.15) is 19.3 Å². The second-order valence-corrected chi connectivity index (χ2v) is 3.02. The Morgan fingerprint density at radius 3 is 2.64 bits per heavy atom. The Hall–Kier alpha value is -0.280. The fourth-order valence-electron chi connectivity index (χ4n) is 1.57. The summed E-state index contributed by atoms with van der Waals surface area (Å²) in [7, 11) is 0. The quantitative estimate of drug-likeness (QED) is 0.596. The summed E-state index contributed by atoms with van der Waals surface area (Å²) >= 11 is 0. The Balaban J connectivity index is 0.000000605. The summed E-state index contributed by atoms with van der Waals surface area (Å²) in [5.74, 6) is 0. The normalized spacial score (nSPS) is 26.2. The molecule has 3 nitrogen and oxygen atoms in total. The Morgan fingerprint density at radius 1 is 1.36 bits per heavy atom. The van der Waals surface area contributed by atoms with Crippen LogP contribution in [0.4, 0.5) is 0 Å². The maximum atomic E-state index is 5.31. The smallest absolute Gasteiger partial charge is 0.145 e. The predicted octanol–water partition coefficient (Wildman–Crippen LogP) is 0.937. The van der Waals surface area contributed by atoms with E-state index in [9.17, 15) is 0 Å². The van der Waals surface area contributed by atoms with Crippen molar-refractivity contribution in [1.29, 1.82) is 0 Å². The molecule has 2 aliphatic heterocycles. The van der Waals surface area contributed by atoms with Crippen molar-refractivity contribution in [1.82, 2.24) is 5.32 Å². The highest BCUT2D eigenvalue weighted by Gasteiger charge is 2.36. The van der Waals surface area contributed by atoms with Crippen LogP contribution in [0.25, 0.3) is 0 Å². The third kappa shape index (κ3) is 1.65. The molecule has 0 saturated carbocycles. The van der Waals surface area contributed by atoms with E-state index in [2.05, 4.69) is 10.5 Å². The maximum absolute atomic E-state index is 5.31. The Bertz CT molecular complexity index is 145. The van der Waals surface area contributed by atoms with Crippen LogP contribution in [0.2, 0.25) is 0 Å². The first-order valence-corrected chi connectivity index (χ1v) is 3.82. The van der Waals surface area contributed by atoms with Gasteiger partial charge in [0.2, 0.25) is 0 Å². The molecule has 0 atom stereocenters.